The quantitative estimate of drug-likeness (QED) is 0.178. The number of rotatable bonds is 15. The summed E-state index contributed by atoms with van der Waals surface area (Å²) in [6.45, 7) is 8.13. The normalized spacial score (nSPS) is 11.9. The van der Waals surface area contributed by atoms with Gasteiger partial charge in [0.05, 0.1) is 11.9 Å². The first-order valence-electron chi connectivity index (χ1n) is 14.1. The minimum atomic E-state index is -0.435. The summed E-state index contributed by atoms with van der Waals surface area (Å²) in [5.41, 5.74) is 5.64. The van der Waals surface area contributed by atoms with Crippen LogP contribution in [-0.4, -0.2) is 17.5 Å². The molecule has 0 aliphatic heterocycles. The van der Waals surface area contributed by atoms with Crippen LogP contribution < -0.4 is 4.74 Å². The number of Topliss-reactive ketones (excluding diaryl/α,β-unsaturated/α-hetero) is 1. The standard InChI is InChI=1S/C34H41FO3S/c1-5-10-29-23-28(21-27-14-17-31(35)18-15-27)16-19-32(29)38-20-8-6-7-11-26-12-9-13-30(22-26)34(39-25(4)36)33(37)24(2)3/h9,12-19,22-24,34H,5-8,10-11,20-21H2,1-4H3. The molecular formula is C34H41FO3S. The molecule has 0 aliphatic carbocycles. The van der Waals surface area contributed by atoms with E-state index in [4.69, 9.17) is 4.74 Å². The number of carbonyl (C=O) groups is 2. The van der Waals surface area contributed by atoms with E-state index in [9.17, 15) is 14.0 Å². The van der Waals surface area contributed by atoms with E-state index in [0.29, 0.717) is 6.61 Å². The van der Waals surface area contributed by atoms with E-state index in [1.165, 1.54) is 35.7 Å². The number of thioether (sulfide) groups is 1. The van der Waals surface area contributed by atoms with E-state index >= 15 is 0 Å². The second-order valence-corrected chi connectivity index (χ2v) is 11.7. The van der Waals surface area contributed by atoms with Crippen LogP contribution in [0.25, 0.3) is 0 Å². The number of halogens is 1. The van der Waals surface area contributed by atoms with Crippen molar-refractivity contribution in [3.8, 4) is 5.75 Å². The average Bonchev–Trinajstić information content (AvgIpc) is 2.91. The van der Waals surface area contributed by atoms with Crippen LogP contribution in [0.4, 0.5) is 4.39 Å². The van der Waals surface area contributed by atoms with Crippen LogP contribution in [0.15, 0.2) is 66.7 Å². The molecule has 3 nitrogen and oxygen atoms in total. The van der Waals surface area contributed by atoms with Gasteiger partial charge in [-0.15, -0.1) is 0 Å². The van der Waals surface area contributed by atoms with Gasteiger partial charge in [-0.1, -0.05) is 87.5 Å². The third-order valence-corrected chi connectivity index (χ3v) is 7.77. The number of ether oxygens (including phenoxy) is 1. The fourth-order valence-corrected chi connectivity index (χ4v) is 5.65. The van der Waals surface area contributed by atoms with Crippen LogP contribution in [0, 0.1) is 11.7 Å². The van der Waals surface area contributed by atoms with E-state index in [0.717, 1.165) is 73.6 Å². The molecular weight excluding hydrogens is 507 g/mol. The second-order valence-electron chi connectivity index (χ2n) is 10.4. The van der Waals surface area contributed by atoms with Gasteiger partial charge in [-0.25, -0.2) is 4.39 Å². The SMILES string of the molecule is CCCc1cc(Cc2ccc(F)cc2)ccc1OCCCCCc1cccc(C(SC(C)=O)C(=O)C(C)C)c1. The van der Waals surface area contributed by atoms with Crippen LogP contribution in [-0.2, 0) is 28.9 Å². The van der Waals surface area contributed by atoms with E-state index < -0.39 is 5.25 Å². The minimum Gasteiger partial charge on any atom is -0.493 e. The van der Waals surface area contributed by atoms with Crippen molar-refractivity contribution in [3.63, 3.8) is 0 Å². The first-order chi connectivity index (χ1) is 18.8. The summed E-state index contributed by atoms with van der Waals surface area (Å²) < 4.78 is 19.4. The third kappa shape index (κ3) is 9.96. The molecule has 0 N–H and O–H groups in total. The van der Waals surface area contributed by atoms with Crippen molar-refractivity contribution >= 4 is 22.7 Å². The summed E-state index contributed by atoms with van der Waals surface area (Å²) in [7, 11) is 0. The molecule has 0 amide bonds. The molecule has 208 valence electrons. The summed E-state index contributed by atoms with van der Waals surface area (Å²) in [6, 6.07) is 21.2. The fraction of sp³-hybridized carbons (Fsp3) is 0.412. The monoisotopic (exact) mass is 548 g/mol. The maximum absolute atomic E-state index is 13.2. The van der Waals surface area contributed by atoms with Crippen molar-refractivity contribution in [2.24, 2.45) is 5.92 Å². The Morgan fingerprint density at radius 2 is 1.62 bits per heavy atom. The molecule has 1 atom stereocenters. The lowest BCUT2D eigenvalue weighted by molar-refractivity contribution is -0.121. The Labute approximate surface area is 237 Å². The molecule has 0 bridgehead atoms. The molecule has 3 aromatic rings. The summed E-state index contributed by atoms with van der Waals surface area (Å²) in [5, 5.41) is -0.473. The molecule has 0 radical (unpaired) electrons. The van der Waals surface area contributed by atoms with Gasteiger partial charge in [-0.3, -0.25) is 9.59 Å². The highest BCUT2D eigenvalue weighted by molar-refractivity contribution is 8.14. The predicted octanol–water partition coefficient (Wildman–Crippen LogP) is 8.71. The van der Waals surface area contributed by atoms with Crippen molar-refractivity contribution < 1.29 is 18.7 Å². The molecule has 39 heavy (non-hydrogen) atoms. The molecule has 5 heteroatoms. The topological polar surface area (TPSA) is 43.4 Å². The van der Waals surface area contributed by atoms with E-state index in [1.807, 2.05) is 38.1 Å². The highest BCUT2D eigenvalue weighted by atomic mass is 32.2. The highest BCUT2D eigenvalue weighted by Gasteiger charge is 2.25. The van der Waals surface area contributed by atoms with E-state index in [-0.39, 0.29) is 22.6 Å². The number of ketones is 1. The number of hydrogen-bond acceptors (Lipinski definition) is 4. The van der Waals surface area contributed by atoms with Gasteiger partial charge in [-0.2, -0.15) is 0 Å². The zero-order valence-corrected chi connectivity index (χ0v) is 24.5. The van der Waals surface area contributed by atoms with Gasteiger partial charge in [0.25, 0.3) is 0 Å². The van der Waals surface area contributed by atoms with Crippen LogP contribution in [0.5, 0.6) is 5.75 Å². The van der Waals surface area contributed by atoms with Gasteiger partial charge < -0.3 is 4.74 Å². The number of carbonyl (C=O) groups excluding carboxylic acids is 2. The predicted molar refractivity (Wildman–Crippen MR) is 160 cm³/mol. The molecule has 0 spiro atoms. The second kappa shape index (κ2) is 15.6. The molecule has 0 aliphatic rings. The molecule has 0 fully saturated rings. The van der Waals surface area contributed by atoms with E-state index in [1.54, 1.807) is 0 Å². The molecule has 3 rings (SSSR count). The average molecular weight is 549 g/mol. The Morgan fingerprint density at radius 1 is 0.872 bits per heavy atom. The van der Waals surface area contributed by atoms with Crippen LogP contribution >= 0.6 is 11.8 Å². The molecule has 0 heterocycles. The van der Waals surface area contributed by atoms with Crippen molar-refractivity contribution in [2.45, 2.75) is 77.9 Å². The molecule has 0 saturated carbocycles. The van der Waals surface area contributed by atoms with Gasteiger partial charge in [0, 0.05) is 12.8 Å². The summed E-state index contributed by atoms with van der Waals surface area (Å²) >= 11 is 1.12. The van der Waals surface area contributed by atoms with E-state index in [2.05, 4.69) is 37.3 Å². The Bertz CT molecular complexity index is 1220. The zero-order chi connectivity index (χ0) is 28.2. The first kappa shape index (κ1) is 30.6. The van der Waals surface area contributed by atoms with Crippen molar-refractivity contribution in [1.29, 1.82) is 0 Å². The van der Waals surface area contributed by atoms with Gasteiger partial charge in [-0.05, 0) is 84.5 Å². The maximum atomic E-state index is 13.2. The largest absolute Gasteiger partial charge is 0.493 e. The Kier molecular flexibility index (Phi) is 12.3. The van der Waals surface area contributed by atoms with Gasteiger partial charge in [0.15, 0.2) is 10.9 Å². The van der Waals surface area contributed by atoms with Gasteiger partial charge in [0.2, 0.25) is 0 Å². The summed E-state index contributed by atoms with van der Waals surface area (Å²) in [5.74, 6) is 0.722. The van der Waals surface area contributed by atoms with Crippen LogP contribution in [0.1, 0.15) is 86.4 Å². The lowest BCUT2D eigenvalue weighted by Gasteiger charge is -2.17. The first-order valence-corrected chi connectivity index (χ1v) is 14.9. The van der Waals surface area contributed by atoms with Crippen LogP contribution in [0.2, 0.25) is 0 Å². The van der Waals surface area contributed by atoms with Crippen molar-refractivity contribution in [1.82, 2.24) is 0 Å². The molecule has 3 aromatic carbocycles. The molecule has 0 aromatic heterocycles. The lowest BCUT2D eigenvalue weighted by Crippen LogP contribution is -2.17. The van der Waals surface area contributed by atoms with Gasteiger partial charge in [0.1, 0.15) is 11.6 Å². The molecule has 1 unspecified atom stereocenters. The number of benzene rings is 3. The lowest BCUT2D eigenvalue weighted by atomic mass is 9.97. The Hall–Kier alpha value is -2.92. The highest BCUT2D eigenvalue weighted by Crippen LogP contribution is 2.33. The molecule has 0 saturated heterocycles. The maximum Gasteiger partial charge on any atom is 0.186 e. The summed E-state index contributed by atoms with van der Waals surface area (Å²) in [4.78, 5) is 24.5. The zero-order valence-electron chi connectivity index (χ0n) is 23.7. The number of aryl methyl sites for hydroxylation is 2. The summed E-state index contributed by atoms with van der Waals surface area (Å²) in [6.07, 6.45) is 6.77. The minimum absolute atomic E-state index is 0.0379. The third-order valence-electron chi connectivity index (χ3n) is 6.70. The van der Waals surface area contributed by atoms with Crippen molar-refractivity contribution in [3.05, 3.63) is 100 Å². The Balaban J connectivity index is 1.49. The number of hydrogen-bond donors (Lipinski definition) is 0. The Morgan fingerprint density at radius 3 is 2.31 bits per heavy atom. The number of unbranched alkanes of at least 4 members (excludes halogenated alkanes) is 2. The van der Waals surface area contributed by atoms with Crippen molar-refractivity contribution in [2.75, 3.05) is 6.61 Å². The van der Waals surface area contributed by atoms with Gasteiger partial charge >= 0.3 is 0 Å². The smallest absolute Gasteiger partial charge is 0.186 e. The fourth-order valence-electron chi connectivity index (χ4n) is 4.65. The van der Waals surface area contributed by atoms with Crippen LogP contribution in [0.3, 0.4) is 0 Å².